The van der Waals surface area contributed by atoms with E-state index in [9.17, 15) is 20.4 Å². The Labute approximate surface area is 135 Å². The molecule has 4 N–H and O–H groups in total. The molecule has 5 unspecified atom stereocenters. The van der Waals surface area contributed by atoms with Crippen LogP contribution < -0.4 is 0 Å². The molecule has 0 spiro atoms. The number of unbranched alkanes of at least 4 members (excludes halogenated alkanes) is 4. The van der Waals surface area contributed by atoms with Crippen molar-refractivity contribution in [2.24, 2.45) is 5.92 Å². The summed E-state index contributed by atoms with van der Waals surface area (Å²) < 4.78 is 0. The molecule has 1 heterocycles. The molecule has 1 fully saturated rings. The van der Waals surface area contributed by atoms with Gasteiger partial charge in [-0.25, -0.2) is 0 Å². The first-order valence-corrected chi connectivity index (χ1v) is 8.81. The second-order valence-corrected chi connectivity index (χ2v) is 6.84. The second kappa shape index (κ2) is 9.18. The number of hydrogen-bond donors (Lipinski definition) is 4. The largest absolute Gasteiger partial charge is 0.394 e. The van der Waals surface area contributed by atoms with Crippen LogP contribution in [0.3, 0.4) is 0 Å². The minimum atomic E-state index is -1.20. The van der Waals surface area contributed by atoms with E-state index in [0.717, 1.165) is 25.7 Å². The number of aliphatic hydroxyl groups excluding tert-OH is 4. The Morgan fingerprint density at radius 2 is 1.73 bits per heavy atom. The number of nitrogens with zero attached hydrogens (tertiary/aromatic N) is 1. The Kier molecular flexibility index (Phi) is 8.28. The van der Waals surface area contributed by atoms with Crippen LogP contribution in [0.25, 0.3) is 0 Å². The summed E-state index contributed by atoms with van der Waals surface area (Å²) in [4.78, 5) is 1.84. The highest BCUT2D eigenvalue weighted by Gasteiger charge is 2.54. The molecule has 0 aromatic carbocycles. The lowest BCUT2D eigenvalue weighted by Gasteiger charge is -2.54. The maximum atomic E-state index is 10.6. The van der Waals surface area contributed by atoms with E-state index in [2.05, 4.69) is 13.8 Å². The molecule has 0 aromatic rings. The number of aliphatic hydroxyl groups is 4. The number of rotatable bonds is 9. The molecular formula is C17H35NO4. The van der Waals surface area contributed by atoms with Gasteiger partial charge in [0.05, 0.1) is 18.2 Å². The zero-order chi connectivity index (χ0) is 16.8. The monoisotopic (exact) mass is 317 g/mol. The molecule has 5 nitrogen and oxygen atoms in total. The summed E-state index contributed by atoms with van der Waals surface area (Å²) in [5, 5.41) is 40.5. The average molecular weight is 317 g/mol. The van der Waals surface area contributed by atoms with E-state index in [1.807, 2.05) is 11.9 Å². The van der Waals surface area contributed by atoms with Crippen LogP contribution in [0.4, 0.5) is 0 Å². The molecule has 0 amide bonds. The van der Waals surface area contributed by atoms with E-state index < -0.39 is 23.9 Å². The van der Waals surface area contributed by atoms with Crippen LogP contribution in [0.5, 0.6) is 0 Å². The second-order valence-electron chi connectivity index (χ2n) is 6.84. The molecule has 0 saturated carbocycles. The van der Waals surface area contributed by atoms with Gasteiger partial charge in [0.2, 0.25) is 0 Å². The molecule has 132 valence electrons. The van der Waals surface area contributed by atoms with Crippen LogP contribution in [-0.2, 0) is 0 Å². The van der Waals surface area contributed by atoms with Crippen molar-refractivity contribution in [2.75, 3.05) is 20.2 Å². The predicted octanol–water partition coefficient (Wildman–Crippen LogP) is 1.13. The lowest BCUT2D eigenvalue weighted by molar-refractivity contribution is -0.199. The van der Waals surface area contributed by atoms with Crippen LogP contribution in [0, 0.1) is 5.92 Å². The molecule has 0 radical (unpaired) electrons. The number of β-amino-alcohol motifs (C(OH)–C–C–N with tert-alkyl or cyclic N) is 1. The van der Waals surface area contributed by atoms with Gasteiger partial charge in [-0.2, -0.15) is 0 Å². The Balaban J connectivity index is 2.79. The van der Waals surface area contributed by atoms with E-state index in [-0.39, 0.29) is 19.1 Å². The fraction of sp³-hybridized carbons (Fsp3) is 1.00. The van der Waals surface area contributed by atoms with Crippen molar-refractivity contribution in [3.63, 3.8) is 0 Å². The van der Waals surface area contributed by atoms with E-state index in [4.69, 9.17) is 0 Å². The van der Waals surface area contributed by atoms with Crippen LogP contribution >= 0.6 is 0 Å². The van der Waals surface area contributed by atoms with Gasteiger partial charge in [0.1, 0.15) is 12.2 Å². The standard InChI is InChI=1S/C17H35NO4/c1-4-6-7-8-9-10-13(5-2)17(12-19)16(22)15(21)14(20)11-18(17)3/h13-16,19-22H,4-12H2,1-3H3. The lowest BCUT2D eigenvalue weighted by Crippen LogP contribution is -2.72. The third-order valence-corrected chi connectivity index (χ3v) is 5.51. The van der Waals surface area contributed by atoms with Gasteiger partial charge < -0.3 is 20.4 Å². The van der Waals surface area contributed by atoms with Gasteiger partial charge in [-0.05, 0) is 19.4 Å². The Morgan fingerprint density at radius 1 is 1.09 bits per heavy atom. The number of piperidine rings is 1. The SMILES string of the molecule is CCCCCCCC(CC)C1(CO)C(O)C(O)C(O)CN1C. The highest BCUT2D eigenvalue weighted by molar-refractivity contribution is 5.08. The summed E-state index contributed by atoms with van der Waals surface area (Å²) in [5.41, 5.74) is -0.863. The average Bonchev–Trinajstić information content (AvgIpc) is 2.51. The van der Waals surface area contributed by atoms with E-state index in [1.165, 1.54) is 19.3 Å². The quantitative estimate of drug-likeness (QED) is 0.479. The first-order valence-electron chi connectivity index (χ1n) is 8.81. The first kappa shape index (κ1) is 19.8. The number of likely N-dealkylation sites (tertiary alicyclic amines) is 1. The molecule has 5 heteroatoms. The fourth-order valence-electron chi connectivity index (χ4n) is 3.99. The van der Waals surface area contributed by atoms with Crippen LogP contribution in [0.2, 0.25) is 0 Å². The van der Waals surface area contributed by atoms with Crippen LogP contribution in [0.1, 0.15) is 58.8 Å². The van der Waals surface area contributed by atoms with Gasteiger partial charge in [0.25, 0.3) is 0 Å². The van der Waals surface area contributed by atoms with Gasteiger partial charge in [0, 0.05) is 6.54 Å². The topological polar surface area (TPSA) is 84.2 Å². The summed E-state index contributed by atoms with van der Waals surface area (Å²) in [5.74, 6) is 0.0984. The third-order valence-electron chi connectivity index (χ3n) is 5.51. The van der Waals surface area contributed by atoms with Crippen molar-refractivity contribution in [1.82, 2.24) is 4.90 Å². The molecule has 5 atom stereocenters. The van der Waals surface area contributed by atoms with E-state index >= 15 is 0 Å². The van der Waals surface area contributed by atoms with Gasteiger partial charge in [-0.1, -0.05) is 52.4 Å². The molecule has 22 heavy (non-hydrogen) atoms. The third kappa shape index (κ3) is 4.01. The van der Waals surface area contributed by atoms with Gasteiger partial charge in [-0.3, -0.25) is 4.90 Å². The summed E-state index contributed by atoms with van der Waals surface area (Å²) in [6.45, 7) is 4.31. The minimum absolute atomic E-state index is 0.0984. The molecule has 1 rings (SSSR count). The summed E-state index contributed by atoms with van der Waals surface area (Å²) in [6, 6.07) is 0. The molecule has 1 aliphatic rings. The van der Waals surface area contributed by atoms with Crippen molar-refractivity contribution >= 4 is 0 Å². The first-order chi connectivity index (χ1) is 10.4. The summed E-state index contributed by atoms with van der Waals surface area (Å²) >= 11 is 0. The smallest absolute Gasteiger partial charge is 0.109 e. The summed E-state index contributed by atoms with van der Waals surface area (Å²) in [7, 11) is 1.81. The van der Waals surface area contributed by atoms with E-state index in [0.29, 0.717) is 0 Å². The highest BCUT2D eigenvalue weighted by Crippen LogP contribution is 2.38. The fourth-order valence-corrected chi connectivity index (χ4v) is 3.99. The van der Waals surface area contributed by atoms with Crippen molar-refractivity contribution in [1.29, 1.82) is 0 Å². The lowest BCUT2D eigenvalue weighted by atomic mass is 9.70. The minimum Gasteiger partial charge on any atom is -0.394 e. The maximum absolute atomic E-state index is 10.6. The van der Waals surface area contributed by atoms with Crippen molar-refractivity contribution in [2.45, 2.75) is 82.6 Å². The molecule has 0 bridgehead atoms. The summed E-state index contributed by atoms with van der Waals surface area (Å²) in [6.07, 6.45) is 4.36. The molecule has 0 aliphatic carbocycles. The molecule has 1 aliphatic heterocycles. The van der Waals surface area contributed by atoms with Crippen LogP contribution in [-0.4, -0.2) is 69.4 Å². The van der Waals surface area contributed by atoms with Gasteiger partial charge in [-0.15, -0.1) is 0 Å². The van der Waals surface area contributed by atoms with Crippen molar-refractivity contribution < 1.29 is 20.4 Å². The Morgan fingerprint density at radius 3 is 2.27 bits per heavy atom. The number of hydrogen-bond acceptors (Lipinski definition) is 5. The highest BCUT2D eigenvalue weighted by atomic mass is 16.4. The van der Waals surface area contributed by atoms with Crippen LogP contribution in [0.15, 0.2) is 0 Å². The van der Waals surface area contributed by atoms with E-state index in [1.54, 1.807) is 0 Å². The molecule has 0 aromatic heterocycles. The zero-order valence-electron chi connectivity index (χ0n) is 14.4. The Bertz CT molecular complexity index is 315. The van der Waals surface area contributed by atoms with Crippen molar-refractivity contribution in [3.05, 3.63) is 0 Å². The van der Waals surface area contributed by atoms with Gasteiger partial charge in [0.15, 0.2) is 0 Å². The van der Waals surface area contributed by atoms with Crippen molar-refractivity contribution in [3.8, 4) is 0 Å². The Hall–Kier alpha value is -0.200. The normalized spacial score (nSPS) is 34.8. The van der Waals surface area contributed by atoms with Gasteiger partial charge >= 0.3 is 0 Å². The predicted molar refractivity (Wildman–Crippen MR) is 87.6 cm³/mol. The molecular weight excluding hydrogens is 282 g/mol. The number of likely N-dealkylation sites (N-methyl/N-ethyl adjacent to an activating group) is 1. The zero-order valence-corrected chi connectivity index (χ0v) is 14.4. The molecule has 1 saturated heterocycles. The maximum Gasteiger partial charge on any atom is 0.109 e.